The monoisotopic (exact) mass is 391 g/mol. The first kappa shape index (κ1) is 18.1. The number of anilines is 1. The van der Waals surface area contributed by atoms with Crippen LogP contribution in [0.3, 0.4) is 0 Å². The van der Waals surface area contributed by atoms with E-state index in [0.29, 0.717) is 17.7 Å². The maximum absolute atomic E-state index is 13.4. The van der Waals surface area contributed by atoms with Crippen LogP contribution in [0.15, 0.2) is 89.7 Å². The van der Waals surface area contributed by atoms with Gasteiger partial charge in [0, 0.05) is 21.7 Å². The number of pyridine rings is 2. The molecule has 0 aliphatic rings. The average molecular weight is 391 g/mol. The van der Waals surface area contributed by atoms with Gasteiger partial charge in [0.25, 0.3) is 5.56 Å². The number of rotatable bonds is 3. The quantitative estimate of drug-likeness (QED) is 0.462. The fourth-order valence-corrected chi connectivity index (χ4v) is 3.98. The van der Waals surface area contributed by atoms with E-state index < -0.39 is 0 Å². The van der Waals surface area contributed by atoms with Crippen LogP contribution in [-0.2, 0) is 6.54 Å². The van der Waals surface area contributed by atoms with E-state index >= 15 is 0 Å². The third-order valence-electron chi connectivity index (χ3n) is 5.50. The molecule has 5 aromatic rings. The molecule has 4 heteroatoms. The number of aryl methyl sites for hydroxylation is 1. The molecule has 0 unspecified atom stereocenters. The summed E-state index contributed by atoms with van der Waals surface area (Å²) in [5, 5.41) is 2.55. The summed E-state index contributed by atoms with van der Waals surface area (Å²) in [5.74, 6) is 0.433. The van der Waals surface area contributed by atoms with Crippen LogP contribution in [0.2, 0.25) is 0 Å². The van der Waals surface area contributed by atoms with Crippen molar-refractivity contribution in [2.45, 2.75) is 13.5 Å². The van der Waals surface area contributed by atoms with E-state index in [1.807, 2.05) is 91.9 Å². The molecule has 4 nitrogen and oxygen atoms in total. The molecule has 5 rings (SSSR count). The predicted octanol–water partition coefficient (Wildman–Crippen LogP) is 5.16. The molecule has 2 N–H and O–H groups in total. The van der Waals surface area contributed by atoms with E-state index in [4.69, 9.17) is 10.7 Å². The number of hydrogen-bond donors (Lipinski definition) is 1. The van der Waals surface area contributed by atoms with Gasteiger partial charge in [0.05, 0.1) is 17.8 Å². The molecule has 0 bridgehead atoms. The number of nitrogen functional groups attached to an aromatic ring is 1. The normalized spacial score (nSPS) is 11.2. The van der Waals surface area contributed by atoms with Crippen molar-refractivity contribution in [1.29, 1.82) is 0 Å². The lowest BCUT2D eigenvalue weighted by atomic mass is 10.0. The Morgan fingerprint density at radius 2 is 1.63 bits per heavy atom. The first-order valence-corrected chi connectivity index (χ1v) is 9.94. The highest BCUT2D eigenvalue weighted by atomic mass is 16.1. The predicted molar refractivity (Wildman–Crippen MR) is 124 cm³/mol. The number of aromatic nitrogens is 2. The summed E-state index contributed by atoms with van der Waals surface area (Å²) in [6.07, 6.45) is 0. The number of para-hydroxylation sites is 1. The van der Waals surface area contributed by atoms with Crippen LogP contribution >= 0.6 is 0 Å². The summed E-state index contributed by atoms with van der Waals surface area (Å²) in [5.41, 5.74) is 11.1. The number of nitrogens with two attached hydrogens (primary N) is 1. The Labute approximate surface area is 174 Å². The minimum Gasteiger partial charge on any atom is -0.384 e. The van der Waals surface area contributed by atoms with Gasteiger partial charge in [-0.05, 0) is 30.7 Å². The Morgan fingerprint density at radius 1 is 0.867 bits per heavy atom. The lowest BCUT2D eigenvalue weighted by Gasteiger charge is -2.17. The largest absolute Gasteiger partial charge is 0.384 e. The smallest absolute Gasteiger partial charge is 0.260 e. The van der Waals surface area contributed by atoms with E-state index in [1.54, 1.807) is 4.57 Å². The molecule has 30 heavy (non-hydrogen) atoms. The van der Waals surface area contributed by atoms with Gasteiger partial charge < -0.3 is 5.73 Å². The van der Waals surface area contributed by atoms with Crippen LogP contribution in [0, 0.1) is 6.92 Å². The third-order valence-corrected chi connectivity index (χ3v) is 5.50. The topological polar surface area (TPSA) is 60.9 Å². The summed E-state index contributed by atoms with van der Waals surface area (Å²) < 4.78 is 1.66. The highest BCUT2D eigenvalue weighted by Crippen LogP contribution is 2.33. The molecule has 0 amide bonds. The summed E-state index contributed by atoms with van der Waals surface area (Å²) in [7, 11) is 0. The van der Waals surface area contributed by atoms with Crippen LogP contribution in [-0.4, -0.2) is 9.55 Å². The molecule has 0 saturated carbocycles. The Morgan fingerprint density at radius 3 is 2.47 bits per heavy atom. The van der Waals surface area contributed by atoms with Gasteiger partial charge in [0.1, 0.15) is 5.82 Å². The van der Waals surface area contributed by atoms with Gasteiger partial charge >= 0.3 is 0 Å². The average Bonchev–Trinajstić information content (AvgIpc) is 2.78. The Hall–Kier alpha value is -3.92. The molecule has 146 valence electrons. The van der Waals surface area contributed by atoms with E-state index in [-0.39, 0.29) is 5.56 Å². The highest BCUT2D eigenvalue weighted by Gasteiger charge is 2.18. The van der Waals surface area contributed by atoms with Crippen molar-refractivity contribution in [2.75, 3.05) is 5.73 Å². The van der Waals surface area contributed by atoms with Crippen molar-refractivity contribution < 1.29 is 0 Å². The van der Waals surface area contributed by atoms with Crippen LogP contribution in [0.25, 0.3) is 32.9 Å². The van der Waals surface area contributed by atoms with Gasteiger partial charge in [-0.1, -0.05) is 72.3 Å². The molecular formula is C26H21N3O. The minimum atomic E-state index is -0.0837. The van der Waals surface area contributed by atoms with Crippen molar-refractivity contribution in [3.05, 3.63) is 106 Å². The van der Waals surface area contributed by atoms with E-state index in [0.717, 1.165) is 38.7 Å². The summed E-state index contributed by atoms with van der Waals surface area (Å²) in [4.78, 5) is 18.2. The van der Waals surface area contributed by atoms with Gasteiger partial charge in [-0.15, -0.1) is 0 Å². The zero-order chi connectivity index (χ0) is 20.7. The maximum atomic E-state index is 13.4. The maximum Gasteiger partial charge on any atom is 0.260 e. The standard InChI is InChI=1S/C26H21N3O/c1-17-11-13-20-21(15-17)26(30)29(16-18-7-3-2-4-8-18)25(27)24(20)23-14-12-19-9-5-6-10-22(19)28-23/h2-15H,16,27H2,1H3. The molecule has 2 aromatic heterocycles. The second-order valence-corrected chi connectivity index (χ2v) is 7.58. The van der Waals surface area contributed by atoms with Gasteiger partial charge in [-0.3, -0.25) is 9.36 Å². The molecule has 0 aliphatic carbocycles. The summed E-state index contributed by atoms with van der Waals surface area (Å²) >= 11 is 0. The van der Waals surface area contributed by atoms with Gasteiger partial charge in [-0.2, -0.15) is 0 Å². The van der Waals surface area contributed by atoms with Crippen LogP contribution < -0.4 is 11.3 Å². The lowest BCUT2D eigenvalue weighted by Crippen LogP contribution is -2.25. The van der Waals surface area contributed by atoms with Crippen LogP contribution in [0.1, 0.15) is 11.1 Å². The van der Waals surface area contributed by atoms with Crippen molar-refractivity contribution in [2.24, 2.45) is 0 Å². The van der Waals surface area contributed by atoms with Crippen LogP contribution in [0.5, 0.6) is 0 Å². The van der Waals surface area contributed by atoms with Crippen molar-refractivity contribution >= 4 is 27.5 Å². The van der Waals surface area contributed by atoms with Gasteiger partial charge in [0.2, 0.25) is 0 Å². The first-order chi connectivity index (χ1) is 14.6. The second kappa shape index (κ2) is 7.16. The van der Waals surface area contributed by atoms with E-state index in [1.165, 1.54) is 0 Å². The third kappa shape index (κ3) is 3.03. The van der Waals surface area contributed by atoms with Crippen LogP contribution in [0.4, 0.5) is 5.82 Å². The zero-order valence-corrected chi connectivity index (χ0v) is 16.7. The molecule has 0 aliphatic heterocycles. The Balaban J connectivity index is 1.82. The van der Waals surface area contributed by atoms with Gasteiger partial charge in [-0.25, -0.2) is 4.98 Å². The van der Waals surface area contributed by atoms with E-state index in [2.05, 4.69) is 0 Å². The summed E-state index contributed by atoms with van der Waals surface area (Å²) in [6.45, 7) is 2.40. The van der Waals surface area contributed by atoms with Crippen molar-refractivity contribution in [3.63, 3.8) is 0 Å². The summed E-state index contributed by atoms with van der Waals surface area (Å²) in [6, 6.07) is 27.8. The van der Waals surface area contributed by atoms with Crippen molar-refractivity contribution in [3.8, 4) is 11.3 Å². The molecular weight excluding hydrogens is 370 g/mol. The minimum absolute atomic E-state index is 0.0837. The number of nitrogens with zero attached hydrogens (tertiary/aromatic N) is 2. The zero-order valence-electron chi connectivity index (χ0n) is 16.7. The first-order valence-electron chi connectivity index (χ1n) is 9.94. The molecule has 0 saturated heterocycles. The Kier molecular flexibility index (Phi) is 4.32. The lowest BCUT2D eigenvalue weighted by molar-refractivity contribution is 0.781. The molecule has 0 atom stereocenters. The second-order valence-electron chi connectivity index (χ2n) is 7.58. The number of fused-ring (bicyclic) bond motifs is 2. The molecule has 0 fully saturated rings. The molecule has 2 heterocycles. The molecule has 0 spiro atoms. The molecule has 3 aromatic carbocycles. The molecule has 0 radical (unpaired) electrons. The van der Waals surface area contributed by atoms with E-state index in [9.17, 15) is 4.79 Å². The fraction of sp³-hybridized carbons (Fsp3) is 0.0769. The van der Waals surface area contributed by atoms with Gasteiger partial charge in [0.15, 0.2) is 0 Å². The highest BCUT2D eigenvalue weighted by molar-refractivity contribution is 6.01. The Bertz CT molecular complexity index is 1450. The SMILES string of the molecule is Cc1ccc2c(-c3ccc4ccccc4n3)c(N)n(Cc3ccccc3)c(=O)c2c1. The number of benzene rings is 3. The van der Waals surface area contributed by atoms with Crippen molar-refractivity contribution in [1.82, 2.24) is 9.55 Å². The number of hydrogen-bond acceptors (Lipinski definition) is 3. The fourth-order valence-electron chi connectivity index (χ4n) is 3.98.